The second-order valence-electron chi connectivity index (χ2n) is 3.53. The molecule has 1 rings (SSSR count). The molecule has 0 N–H and O–H groups in total. The van der Waals surface area contributed by atoms with Gasteiger partial charge in [0.05, 0.1) is 0 Å². The van der Waals surface area contributed by atoms with Gasteiger partial charge in [-0.05, 0) is 18.1 Å². The topological polar surface area (TPSA) is 18.5 Å². The molecule has 1 aromatic carbocycles. The van der Waals surface area contributed by atoms with Crippen LogP contribution in [0.2, 0.25) is 0 Å². The summed E-state index contributed by atoms with van der Waals surface area (Å²) in [5.41, 5.74) is 2.36. The van der Waals surface area contributed by atoms with Gasteiger partial charge in [-0.15, -0.1) is 0 Å². The summed E-state index contributed by atoms with van der Waals surface area (Å²) in [7, 11) is 6.50. The number of rotatable bonds is 3. The van der Waals surface area contributed by atoms with Crippen molar-refractivity contribution < 1.29 is 9.47 Å². The number of benzene rings is 1. The van der Waals surface area contributed by atoms with E-state index in [0.29, 0.717) is 0 Å². The average Bonchev–Trinajstić information content (AvgIpc) is 2.43. The Kier molecular flexibility index (Phi) is 17.0. The molecule has 0 atom stereocenters. The minimum Gasteiger partial charge on any atom is -0.388 e. The van der Waals surface area contributed by atoms with Crippen molar-refractivity contribution in [3.05, 3.63) is 66.8 Å². The van der Waals surface area contributed by atoms with Crippen molar-refractivity contribution in [1.82, 2.24) is 0 Å². The molecule has 0 unspecified atom stereocenters. The van der Waals surface area contributed by atoms with E-state index in [4.69, 9.17) is 0 Å². The standard InChI is InChI=1S/C13H14.2C2H6O/c1-3-5-9-12(4-2)13-10-7-6-8-11-13;2*1-3-2/h3-11H,2H2,1H3;2*1-2H3/b5-3-,12-9+;;. The summed E-state index contributed by atoms with van der Waals surface area (Å²) < 4.78 is 8.50. The zero-order valence-electron chi connectivity index (χ0n) is 12.7. The Morgan fingerprint density at radius 3 is 1.84 bits per heavy atom. The largest absolute Gasteiger partial charge is 0.388 e. The summed E-state index contributed by atoms with van der Waals surface area (Å²) >= 11 is 0. The first-order valence-corrected chi connectivity index (χ1v) is 6.02. The number of hydrogen-bond donors (Lipinski definition) is 0. The Morgan fingerprint density at radius 2 is 1.47 bits per heavy atom. The summed E-state index contributed by atoms with van der Waals surface area (Å²) in [6, 6.07) is 10.2. The number of ether oxygens (including phenoxy) is 2. The third-order valence-electron chi connectivity index (χ3n) is 1.80. The second-order valence-corrected chi connectivity index (χ2v) is 3.53. The third kappa shape index (κ3) is 12.6. The zero-order valence-corrected chi connectivity index (χ0v) is 12.7. The second kappa shape index (κ2) is 16.4. The first-order valence-electron chi connectivity index (χ1n) is 6.02. The van der Waals surface area contributed by atoms with E-state index in [1.807, 2.05) is 43.4 Å². The van der Waals surface area contributed by atoms with Crippen LogP contribution in [0.4, 0.5) is 0 Å². The Morgan fingerprint density at radius 1 is 1.00 bits per heavy atom. The lowest BCUT2D eigenvalue weighted by Crippen LogP contribution is -1.77. The van der Waals surface area contributed by atoms with Crippen LogP contribution in [0.3, 0.4) is 0 Å². The SMILES string of the molecule is C=C/C(=C\C=C/C)c1ccccc1.COC.COC. The molecule has 19 heavy (non-hydrogen) atoms. The van der Waals surface area contributed by atoms with Gasteiger partial charge < -0.3 is 9.47 Å². The molecule has 0 aliphatic rings. The molecule has 106 valence electrons. The molecular formula is C17H26O2. The van der Waals surface area contributed by atoms with Crippen molar-refractivity contribution in [3.63, 3.8) is 0 Å². The Labute approximate surface area is 118 Å². The van der Waals surface area contributed by atoms with Crippen LogP contribution in [0.5, 0.6) is 0 Å². The molecule has 0 aliphatic heterocycles. The van der Waals surface area contributed by atoms with E-state index < -0.39 is 0 Å². The van der Waals surface area contributed by atoms with Gasteiger partial charge in [0.25, 0.3) is 0 Å². The molecular weight excluding hydrogens is 236 g/mol. The fourth-order valence-corrected chi connectivity index (χ4v) is 1.11. The minimum absolute atomic E-state index is 1.15. The van der Waals surface area contributed by atoms with Crippen molar-refractivity contribution >= 4 is 5.57 Å². The van der Waals surface area contributed by atoms with Gasteiger partial charge in [-0.1, -0.05) is 61.2 Å². The lowest BCUT2D eigenvalue weighted by molar-refractivity contribution is 0.277. The van der Waals surface area contributed by atoms with Crippen LogP contribution in [-0.4, -0.2) is 28.4 Å². The zero-order chi connectivity index (χ0) is 14.9. The number of methoxy groups -OCH3 is 2. The van der Waals surface area contributed by atoms with Crippen LogP contribution in [-0.2, 0) is 9.47 Å². The maximum Gasteiger partial charge on any atom is 0.0351 e. The van der Waals surface area contributed by atoms with Crippen molar-refractivity contribution in [2.75, 3.05) is 28.4 Å². The molecule has 2 heteroatoms. The molecule has 2 nitrogen and oxygen atoms in total. The summed E-state index contributed by atoms with van der Waals surface area (Å²) in [4.78, 5) is 0. The van der Waals surface area contributed by atoms with Gasteiger partial charge in [0.2, 0.25) is 0 Å². The quantitative estimate of drug-likeness (QED) is 0.754. The van der Waals surface area contributed by atoms with E-state index in [9.17, 15) is 0 Å². The number of allylic oxidation sites excluding steroid dienone is 5. The van der Waals surface area contributed by atoms with E-state index >= 15 is 0 Å². The molecule has 0 bridgehead atoms. The molecule has 0 heterocycles. The van der Waals surface area contributed by atoms with Crippen LogP contribution in [0.15, 0.2) is 61.2 Å². The van der Waals surface area contributed by atoms with E-state index in [1.165, 1.54) is 5.56 Å². The highest BCUT2D eigenvalue weighted by Gasteiger charge is 1.92. The normalized spacial score (nSPS) is 10.1. The Hall–Kier alpha value is -1.64. The fraction of sp³-hybridized carbons (Fsp3) is 0.294. The summed E-state index contributed by atoms with van der Waals surface area (Å²) in [5, 5.41) is 0. The lowest BCUT2D eigenvalue weighted by Gasteiger charge is -1.99. The molecule has 0 amide bonds. The highest BCUT2D eigenvalue weighted by molar-refractivity contribution is 5.74. The minimum atomic E-state index is 1.15. The van der Waals surface area contributed by atoms with Gasteiger partial charge in [-0.3, -0.25) is 0 Å². The summed E-state index contributed by atoms with van der Waals surface area (Å²) in [5.74, 6) is 0. The first kappa shape index (κ1) is 19.7. The van der Waals surface area contributed by atoms with E-state index in [2.05, 4.69) is 34.3 Å². The smallest absolute Gasteiger partial charge is 0.0351 e. The van der Waals surface area contributed by atoms with Gasteiger partial charge in [0, 0.05) is 28.4 Å². The maximum atomic E-state index is 4.25. The van der Waals surface area contributed by atoms with Crippen molar-refractivity contribution in [3.8, 4) is 0 Å². The first-order chi connectivity index (χ1) is 9.21. The van der Waals surface area contributed by atoms with Crippen LogP contribution in [0, 0.1) is 0 Å². The predicted molar refractivity (Wildman–Crippen MR) is 85.3 cm³/mol. The summed E-state index contributed by atoms with van der Waals surface area (Å²) in [6.07, 6.45) is 7.95. The van der Waals surface area contributed by atoms with Gasteiger partial charge >= 0.3 is 0 Å². The molecule has 0 spiro atoms. The highest BCUT2D eigenvalue weighted by Crippen LogP contribution is 2.14. The van der Waals surface area contributed by atoms with Gasteiger partial charge in [-0.2, -0.15) is 0 Å². The Bertz CT molecular complexity index is 349. The summed E-state index contributed by atoms with van der Waals surface area (Å²) in [6.45, 7) is 5.79. The maximum absolute atomic E-state index is 4.25. The van der Waals surface area contributed by atoms with Crippen molar-refractivity contribution in [1.29, 1.82) is 0 Å². The molecule has 0 saturated carbocycles. The van der Waals surface area contributed by atoms with E-state index in [1.54, 1.807) is 28.4 Å². The Balaban J connectivity index is 0. The molecule has 0 saturated heterocycles. The van der Waals surface area contributed by atoms with Gasteiger partial charge in [0.1, 0.15) is 0 Å². The van der Waals surface area contributed by atoms with Crippen LogP contribution >= 0.6 is 0 Å². The van der Waals surface area contributed by atoms with Crippen LogP contribution in [0.25, 0.3) is 5.57 Å². The van der Waals surface area contributed by atoms with Crippen molar-refractivity contribution in [2.24, 2.45) is 0 Å². The van der Waals surface area contributed by atoms with Gasteiger partial charge in [-0.25, -0.2) is 0 Å². The van der Waals surface area contributed by atoms with Crippen LogP contribution in [0.1, 0.15) is 12.5 Å². The molecule has 0 aliphatic carbocycles. The average molecular weight is 262 g/mol. The van der Waals surface area contributed by atoms with E-state index in [0.717, 1.165) is 5.57 Å². The van der Waals surface area contributed by atoms with E-state index in [-0.39, 0.29) is 0 Å². The lowest BCUT2D eigenvalue weighted by atomic mass is 10.1. The highest BCUT2D eigenvalue weighted by atomic mass is 16.5. The molecule has 0 radical (unpaired) electrons. The monoisotopic (exact) mass is 262 g/mol. The fourth-order valence-electron chi connectivity index (χ4n) is 1.11. The predicted octanol–water partition coefficient (Wildman–Crippen LogP) is 4.36. The van der Waals surface area contributed by atoms with Crippen molar-refractivity contribution in [2.45, 2.75) is 6.92 Å². The van der Waals surface area contributed by atoms with Crippen LogP contribution < -0.4 is 0 Å². The van der Waals surface area contributed by atoms with Gasteiger partial charge in [0.15, 0.2) is 0 Å². The molecule has 0 fully saturated rings. The molecule has 0 aromatic heterocycles. The molecule has 1 aromatic rings. The number of hydrogen-bond acceptors (Lipinski definition) is 2. The third-order valence-corrected chi connectivity index (χ3v) is 1.80.